The molecule has 0 atom stereocenters. The summed E-state index contributed by atoms with van der Waals surface area (Å²) in [6.07, 6.45) is 0.915. The molecule has 0 aliphatic rings. The van der Waals surface area contributed by atoms with E-state index in [1.807, 2.05) is 0 Å². The van der Waals surface area contributed by atoms with Gasteiger partial charge in [-0.1, -0.05) is 0 Å². The maximum atomic E-state index is 11.9. The van der Waals surface area contributed by atoms with Crippen LogP contribution in [0.3, 0.4) is 0 Å². The Hall–Kier alpha value is -1.76. The number of benzene rings is 1. The molecule has 0 aromatic heterocycles. The number of methoxy groups -OCH3 is 2. The van der Waals surface area contributed by atoms with Crippen molar-refractivity contribution in [3.05, 3.63) is 17.7 Å². The zero-order chi connectivity index (χ0) is 14.6. The van der Waals surface area contributed by atoms with Crippen LogP contribution in [0.25, 0.3) is 0 Å². The lowest BCUT2D eigenvalue weighted by Crippen LogP contribution is -2.09. The Morgan fingerprint density at radius 2 is 1.74 bits per heavy atom. The van der Waals surface area contributed by atoms with Gasteiger partial charge in [-0.3, -0.25) is 4.79 Å². The lowest BCUT2D eigenvalue weighted by molar-refractivity contribution is -0.136. The standard InChI is InChI=1S/C12H16O6S/c1-17-9-5-6-10(18-2)12(19(3,15)16)8(9)4-7-11(13)14/h5-6H,4,7H2,1-3H3,(H,13,14). The third-order valence-electron chi connectivity index (χ3n) is 2.58. The first-order valence-electron chi connectivity index (χ1n) is 5.47. The maximum absolute atomic E-state index is 11.9. The van der Waals surface area contributed by atoms with Gasteiger partial charge in [0, 0.05) is 18.2 Å². The van der Waals surface area contributed by atoms with E-state index in [1.54, 1.807) is 6.07 Å². The molecule has 19 heavy (non-hydrogen) atoms. The number of carboxylic acids is 1. The van der Waals surface area contributed by atoms with E-state index in [-0.39, 0.29) is 23.5 Å². The van der Waals surface area contributed by atoms with E-state index in [0.29, 0.717) is 11.3 Å². The highest BCUT2D eigenvalue weighted by molar-refractivity contribution is 7.90. The summed E-state index contributed by atoms with van der Waals surface area (Å²) < 4.78 is 33.9. The summed E-state index contributed by atoms with van der Waals surface area (Å²) in [6.45, 7) is 0. The van der Waals surface area contributed by atoms with E-state index in [4.69, 9.17) is 14.6 Å². The van der Waals surface area contributed by atoms with Crippen LogP contribution in [-0.2, 0) is 21.1 Å². The zero-order valence-corrected chi connectivity index (χ0v) is 11.8. The topological polar surface area (TPSA) is 89.9 Å². The van der Waals surface area contributed by atoms with Crippen molar-refractivity contribution >= 4 is 15.8 Å². The predicted molar refractivity (Wildman–Crippen MR) is 68.6 cm³/mol. The largest absolute Gasteiger partial charge is 0.496 e. The average Bonchev–Trinajstić information content (AvgIpc) is 2.33. The summed E-state index contributed by atoms with van der Waals surface area (Å²) in [7, 11) is -0.795. The number of rotatable bonds is 6. The van der Waals surface area contributed by atoms with Gasteiger partial charge >= 0.3 is 5.97 Å². The zero-order valence-electron chi connectivity index (χ0n) is 11.0. The third kappa shape index (κ3) is 3.60. The van der Waals surface area contributed by atoms with Crippen molar-refractivity contribution in [2.24, 2.45) is 0 Å². The lowest BCUT2D eigenvalue weighted by atomic mass is 10.1. The maximum Gasteiger partial charge on any atom is 0.303 e. The summed E-state index contributed by atoms with van der Waals surface area (Å²) >= 11 is 0. The molecule has 0 unspecified atom stereocenters. The van der Waals surface area contributed by atoms with E-state index in [0.717, 1.165) is 6.26 Å². The second kappa shape index (κ2) is 5.92. The summed E-state index contributed by atoms with van der Waals surface area (Å²) in [5.41, 5.74) is 0.326. The fourth-order valence-corrected chi connectivity index (χ4v) is 2.98. The van der Waals surface area contributed by atoms with Crippen LogP contribution in [0.4, 0.5) is 0 Å². The molecule has 0 aliphatic heterocycles. The van der Waals surface area contributed by atoms with Crippen LogP contribution in [0.15, 0.2) is 17.0 Å². The van der Waals surface area contributed by atoms with Gasteiger partial charge in [-0.15, -0.1) is 0 Å². The van der Waals surface area contributed by atoms with Gasteiger partial charge in [-0.05, 0) is 18.6 Å². The third-order valence-corrected chi connectivity index (χ3v) is 3.77. The Morgan fingerprint density at radius 3 is 2.16 bits per heavy atom. The number of hydrogen-bond donors (Lipinski definition) is 1. The summed E-state index contributed by atoms with van der Waals surface area (Å²) in [4.78, 5) is 10.6. The van der Waals surface area contributed by atoms with Crippen molar-refractivity contribution in [3.8, 4) is 11.5 Å². The number of hydrogen-bond acceptors (Lipinski definition) is 5. The van der Waals surface area contributed by atoms with E-state index in [9.17, 15) is 13.2 Å². The van der Waals surface area contributed by atoms with Crippen LogP contribution in [0.5, 0.6) is 11.5 Å². The highest BCUT2D eigenvalue weighted by Crippen LogP contribution is 2.35. The van der Waals surface area contributed by atoms with Crippen molar-refractivity contribution in [1.82, 2.24) is 0 Å². The molecule has 106 valence electrons. The van der Waals surface area contributed by atoms with Crippen LogP contribution >= 0.6 is 0 Å². The number of sulfone groups is 1. The molecule has 0 amide bonds. The second-order valence-corrected chi connectivity index (χ2v) is 5.90. The molecule has 0 saturated heterocycles. The van der Waals surface area contributed by atoms with Gasteiger partial charge in [-0.2, -0.15) is 0 Å². The molecule has 1 aromatic rings. The van der Waals surface area contributed by atoms with Gasteiger partial charge in [0.25, 0.3) is 0 Å². The molecule has 0 saturated carbocycles. The number of carbonyl (C=O) groups is 1. The highest BCUT2D eigenvalue weighted by Gasteiger charge is 2.23. The molecule has 1 aromatic carbocycles. The van der Waals surface area contributed by atoms with Gasteiger partial charge in [0.15, 0.2) is 9.84 Å². The Balaban J connectivity index is 3.48. The quantitative estimate of drug-likeness (QED) is 0.843. The molecule has 0 bridgehead atoms. The van der Waals surface area contributed by atoms with E-state index in [1.165, 1.54) is 20.3 Å². The van der Waals surface area contributed by atoms with Gasteiger partial charge in [-0.25, -0.2) is 8.42 Å². The van der Waals surface area contributed by atoms with Crippen LogP contribution in [0.2, 0.25) is 0 Å². The fourth-order valence-electron chi connectivity index (χ4n) is 1.82. The van der Waals surface area contributed by atoms with E-state index in [2.05, 4.69) is 0 Å². The van der Waals surface area contributed by atoms with Gasteiger partial charge < -0.3 is 14.6 Å². The molecular formula is C12H16O6S. The van der Waals surface area contributed by atoms with Crippen molar-refractivity contribution in [2.75, 3.05) is 20.5 Å². The Kier molecular flexibility index (Phi) is 4.77. The van der Waals surface area contributed by atoms with E-state index < -0.39 is 15.8 Å². The normalized spacial score (nSPS) is 11.1. The molecule has 0 heterocycles. The van der Waals surface area contributed by atoms with Gasteiger partial charge in [0.2, 0.25) is 0 Å². The fraction of sp³-hybridized carbons (Fsp3) is 0.417. The Morgan fingerprint density at radius 1 is 1.21 bits per heavy atom. The molecule has 0 fully saturated rings. The number of aliphatic carboxylic acids is 1. The Labute approximate surface area is 111 Å². The van der Waals surface area contributed by atoms with Crippen molar-refractivity contribution in [2.45, 2.75) is 17.7 Å². The van der Waals surface area contributed by atoms with Crippen LogP contribution in [0, 0.1) is 0 Å². The van der Waals surface area contributed by atoms with Crippen molar-refractivity contribution in [3.63, 3.8) is 0 Å². The van der Waals surface area contributed by atoms with Crippen molar-refractivity contribution in [1.29, 1.82) is 0 Å². The molecule has 0 radical (unpaired) electrons. The minimum Gasteiger partial charge on any atom is -0.496 e. The van der Waals surface area contributed by atoms with Crippen LogP contribution < -0.4 is 9.47 Å². The predicted octanol–water partition coefficient (Wildman–Crippen LogP) is 1.12. The first kappa shape index (κ1) is 15.3. The van der Waals surface area contributed by atoms with Crippen molar-refractivity contribution < 1.29 is 27.8 Å². The van der Waals surface area contributed by atoms with E-state index >= 15 is 0 Å². The molecule has 7 heteroatoms. The molecular weight excluding hydrogens is 272 g/mol. The highest BCUT2D eigenvalue weighted by atomic mass is 32.2. The molecule has 0 aliphatic carbocycles. The average molecular weight is 288 g/mol. The minimum atomic E-state index is -3.55. The second-order valence-electron chi connectivity index (χ2n) is 3.94. The molecule has 1 rings (SSSR count). The monoisotopic (exact) mass is 288 g/mol. The lowest BCUT2D eigenvalue weighted by Gasteiger charge is -2.15. The minimum absolute atomic E-state index is 0.0180. The molecule has 0 spiro atoms. The van der Waals surface area contributed by atoms with Gasteiger partial charge in [0.1, 0.15) is 16.4 Å². The smallest absolute Gasteiger partial charge is 0.303 e. The summed E-state index contributed by atoms with van der Waals surface area (Å²) in [6, 6.07) is 3.05. The van der Waals surface area contributed by atoms with Gasteiger partial charge in [0.05, 0.1) is 14.2 Å². The summed E-state index contributed by atoms with van der Waals surface area (Å²) in [5.74, 6) is -0.490. The SMILES string of the molecule is COc1ccc(OC)c(S(C)(=O)=O)c1CCC(=O)O. The first-order chi connectivity index (χ1) is 8.81. The number of ether oxygens (including phenoxy) is 2. The molecule has 6 nitrogen and oxygen atoms in total. The first-order valence-corrected chi connectivity index (χ1v) is 7.36. The Bertz CT molecular complexity index is 576. The summed E-state index contributed by atoms with van der Waals surface area (Å²) in [5, 5.41) is 8.74. The number of carboxylic acid groups (broad SMARTS) is 1. The van der Waals surface area contributed by atoms with Crippen LogP contribution in [0.1, 0.15) is 12.0 Å². The molecule has 1 N–H and O–H groups in total. The van der Waals surface area contributed by atoms with Crippen LogP contribution in [-0.4, -0.2) is 40.0 Å².